The summed E-state index contributed by atoms with van der Waals surface area (Å²) in [6.07, 6.45) is 3.12. The Morgan fingerprint density at radius 1 is 1.38 bits per heavy atom. The fourth-order valence-electron chi connectivity index (χ4n) is 3.27. The van der Waals surface area contributed by atoms with Crippen LogP contribution in [0.3, 0.4) is 0 Å². The lowest BCUT2D eigenvalue weighted by Gasteiger charge is -2.19. The Labute approximate surface area is 152 Å². The van der Waals surface area contributed by atoms with Crippen molar-refractivity contribution in [2.75, 3.05) is 13.1 Å². The third-order valence-electron chi connectivity index (χ3n) is 4.80. The molecule has 1 saturated heterocycles. The molecule has 1 aliphatic rings. The number of nitrogens with one attached hydrogen (secondary N) is 1. The van der Waals surface area contributed by atoms with Crippen LogP contribution in [0.4, 0.5) is 0 Å². The molecule has 2 aromatic rings. The molecule has 3 rings (SSSR count). The lowest BCUT2D eigenvalue weighted by Crippen LogP contribution is -2.42. The number of likely N-dealkylation sites (tertiary alicyclic amines) is 1. The molecule has 0 bridgehead atoms. The highest BCUT2D eigenvalue weighted by molar-refractivity contribution is 6.07. The van der Waals surface area contributed by atoms with E-state index < -0.39 is 0 Å². The predicted molar refractivity (Wildman–Crippen MR) is 98.5 cm³/mol. The van der Waals surface area contributed by atoms with Crippen molar-refractivity contribution in [2.45, 2.75) is 38.6 Å². The highest BCUT2D eigenvalue weighted by atomic mass is 16.2. The van der Waals surface area contributed by atoms with Gasteiger partial charge in [0, 0.05) is 18.1 Å². The van der Waals surface area contributed by atoms with E-state index in [4.69, 9.17) is 5.26 Å². The first-order chi connectivity index (χ1) is 12.5. The molecule has 1 aromatic carbocycles. The standard InChI is InChI=1S/C20H22N4O2/c1-13(2)14-5-6-18-17(10-14)16(7-8-22-18)20(26)23-12-19(25)24-9-3-4-15(24)11-21/h5-8,10,13,15H,3-4,9,12H2,1-2H3,(H,23,26)/t15-/m1/s1. The SMILES string of the molecule is CC(C)c1ccc2nccc(C(=O)NCC(=O)N3CCC[C@@H]3C#N)c2c1. The van der Waals surface area contributed by atoms with Crippen LogP contribution in [0.1, 0.15) is 48.5 Å². The lowest BCUT2D eigenvalue weighted by molar-refractivity contribution is -0.130. The van der Waals surface area contributed by atoms with Crippen molar-refractivity contribution in [3.63, 3.8) is 0 Å². The van der Waals surface area contributed by atoms with Gasteiger partial charge in [-0.2, -0.15) is 5.26 Å². The van der Waals surface area contributed by atoms with Crippen LogP contribution in [0.2, 0.25) is 0 Å². The molecule has 6 nitrogen and oxygen atoms in total. The van der Waals surface area contributed by atoms with Gasteiger partial charge in [-0.3, -0.25) is 14.6 Å². The van der Waals surface area contributed by atoms with Crippen LogP contribution < -0.4 is 5.32 Å². The van der Waals surface area contributed by atoms with E-state index in [1.165, 1.54) is 0 Å². The minimum atomic E-state index is -0.380. The third-order valence-corrected chi connectivity index (χ3v) is 4.80. The van der Waals surface area contributed by atoms with Crippen LogP contribution in [0, 0.1) is 11.3 Å². The largest absolute Gasteiger partial charge is 0.343 e. The molecule has 1 aromatic heterocycles. The number of nitriles is 1. The fraction of sp³-hybridized carbons (Fsp3) is 0.400. The van der Waals surface area contributed by atoms with Gasteiger partial charge in [-0.25, -0.2) is 0 Å². The van der Waals surface area contributed by atoms with E-state index in [0.29, 0.717) is 24.4 Å². The molecule has 2 amide bonds. The molecule has 0 aliphatic carbocycles. The van der Waals surface area contributed by atoms with Crippen molar-refractivity contribution in [2.24, 2.45) is 0 Å². The van der Waals surface area contributed by atoms with Crippen LogP contribution in [0.5, 0.6) is 0 Å². The smallest absolute Gasteiger partial charge is 0.252 e. The average molecular weight is 350 g/mol. The van der Waals surface area contributed by atoms with Crippen LogP contribution in [0.15, 0.2) is 30.5 Å². The lowest BCUT2D eigenvalue weighted by atomic mass is 9.99. The first-order valence-corrected chi connectivity index (χ1v) is 8.87. The summed E-state index contributed by atoms with van der Waals surface area (Å²) >= 11 is 0. The summed E-state index contributed by atoms with van der Waals surface area (Å²) in [5.74, 6) is -0.182. The number of hydrogen-bond donors (Lipinski definition) is 1. The Hall–Kier alpha value is -2.94. The first-order valence-electron chi connectivity index (χ1n) is 8.87. The van der Waals surface area contributed by atoms with E-state index in [1.54, 1.807) is 17.2 Å². The number of benzene rings is 1. The Morgan fingerprint density at radius 3 is 2.92 bits per heavy atom. The number of carbonyl (C=O) groups is 2. The van der Waals surface area contributed by atoms with Gasteiger partial charge in [0.2, 0.25) is 5.91 Å². The van der Waals surface area contributed by atoms with Crippen LogP contribution >= 0.6 is 0 Å². The van der Waals surface area contributed by atoms with Crippen LogP contribution in [-0.4, -0.2) is 40.8 Å². The summed E-state index contributed by atoms with van der Waals surface area (Å²) in [7, 11) is 0. The molecule has 1 atom stereocenters. The van der Waals surface area contributed by atoms with Crippen molar-refractivity contribution in [1.82, 2.24) is 15.2 Å². The molecule has 26 heavy (non-hydrogen) atoms. The van der Waals surface area contributed by atoms with E-state index in [1.807, 2.05) is 18.2 Å². The minimum absolute atomic E-state index is 0.106. The maximum atomic E-state index is 12.6. The summed E-state index contributed by atoms with van der Waals surface area (Å²) < 4.78 is 0. The van der Waals surface area contributed by atoms with Crippen molar-refractivity contribution in [1.29, 1.82) is 5.26 Å². The van der Waals surface area contributed by atoms with Crippen molar-refractivity contribution >= 4 is 22.7 Å². The molecule has 1 aliphatic heterocycles. The minimum Gasteiger partial charge on any atom is -0.343 e. The highest BCUT2D eigenvalue weighted by Gasteiger charge is 2.28. The fourth-order valence-corrected chi connectivity index (χ4v) is 3.27. The molecule has 6 heteroatoms. The second-order valence-electron chi connectivity index (χ2n) is 6.85. The summed E-state index contributed by atoms with van der Waals surface area (Å²) in [6, 6.07) is 9.33. The normalized spacial score (nSPS) is 16.7. The van der Waals surface area contributed by atoms with Crippen molar-refractivity contribution in [3.8, 4) is 6.07 Å². The van der Waals surface area contributed by atoms with Gasteiger partial charge in [0.25, 0.3) is 5.91 Å². The number of carbonyl (C=O) groups excluding carboxylic acids is 2. The molecular formula is C20H22N4O2. The van der Waals surface area contributed by atoms with E-state index in [9.17, 15) is 9.59 Å². The van der Waals surface area contributed by atoms with Gasteiger partial charge in [0.1, 0.15) is 6.04 Å². The molecule has 0 spiro atoms. The van der Waals surface area contributed by atoms with Gasteiger partial charge in [-0.05, 0) is 42.5 Å². The van der Waals surface area contributed by atoms with E-state index in [2.05, 4.69) is 30.2 Å². The van der Waals surface area contributed by atoms with Gasteiger partial charge in [0.05, 0.1) is 23.7 Å². The van der Waals surface area contributed by atoms with E-state index in [0.717, 1.165) is 22.9 Å². The molecule has 0 radical (unpaired) electrons. The highest BCUT2D eigenvalue weighted by Crippen LogP contribution is 2.23. The first kappa shape index (κ1) is 17.9. The summed E-state index contributed by atoms with van der Waals surface area (Å²) in [5.41, 5.74) is 2.38. The molecule has 0 unspecified atom stereocenters. The number of pyridine rings is 1. The van der Waals surface area contributed by atoms with Crippen LogP contribution in [0.25, 0.3) is 10.9 Å². The zero-order valence-electron chi connectivity index (χ0n) is 15.0. The zero-order chi connectivity index (χ0) is 18.7. The molecule has 134 valence electrons. The van der Waals surface area contributed by atoms with Gasteiger partial charge in [-0.1, -0.05) is 19.9 Å². The molecule has 1 fully saturated rings. The van der Waals surface area contributed by atoms with E-state index in [-0.39, 0.29) is 24.4 Å². The molecule has 2 heterocycles. The topological polar surface area (TPSA) is 86.1 Å². The monoisotopic (exact) mass is 350 g/mol. The molecule has 1 N–H and O–H groups in total. The second-order valence-corrected chi connectivity index (χ2v) is 6.85. The van der Waals surface area contributed by atoms with Gasteiger partial charge in [0.15, 0.2) is 0 Å². The maximum absolute atomic E-state index is 12.6. The quantitative estimate of drug-likeness (QED) is 0.918. The van der Waals surface area contributed by atoms with Gasteiger partial charge in [-0.15, -0.1) is 0 Å². The Balaban J connectivity index is 1.76. The number of nitrogens with zero attached hydrogens (tertiary/aromatic N) is 3. The number of aromatic nitrogens is 1. The predicted octanol–water partition coefficient (Wildman–Crippen LogP) is 2.60. The van der Waals surface area contributed by atoms with Crippen molar-refractivity contribution < 1.29 is 9.59 Å². The number of amides is 2. The van der Waals surface area contributed by atoms with Gasteiger partial charge < -0.3 is 10.2 Å². The number of hydrogen-bond acceptors (Lipinski definition) is 4. The maximum Gasteiger partial charge on any atom is 0.252 e. The van der Waals surface area contributed by atoms with E-state index >= 15 is 0 Å². The van der Waals surface area contributed by atoms with Crippen molar-refractivity contribution in [3.05, 3.63) is 41.6 Å². The Kier molecular flexibility index (Phi) is 5.17. The van der Waals surface area contributed by atoms with Gasteiger partial charge >= 0.3 is 0 Å². The Morgan fingerprint density at radius 2 is 2.19 bits per heavy atom. The number of rotatable bonds is 4. The molecule has 0 saturated carbocycles. The second kappa shape index (κ2) is 7.52. The number of fused-ring (bicyclic) bond motifs is 1. The third kappa shape index (κ3) is 3.52. The van der Waals surface area contributed by atoms with Crippen LogP contribution in [-0.2, 0) is 4.79 Å². The molecular weight excluding hydrogens is 328 g/mol. The average Bonchev–Trinajstić information content (AvgIpc) is 3.13. The summed E-state index contributed by atoms with van der Waals surface area (Å²) in [5, 5.41) is 12.6. The summed E-state index contributed by atoms with van der Waals surface area (Å²) in [6.45, 7) is 4.66. The summed E-state index contributed by atoms with van der Waals surface area (Å²) in [4.78, 5) is 30.8. The zero-order valence-corrected chi connectivity index (χ0v) is 15.0. The Bertz CT molecular complexity index is 885.